The van der Waals surface area contributed by atoms with E-state index in [-0.39, 0.29) is 51.1 Å². The Morgan fingerprint density at radius 3 is 2.57 bits per heavy atom. The van der Waals surface area contributed by atoms with E-state index in [4.69, 9.17) is 28.4 Å². The summed E-state index contributed by atoms with van der Waals surface area (Å²) in [5.74, 6) is -5.51. The van der Waals surface area contributed by atoms with E-state index in [0.29, 0.717) is 6.42 Å². The van der Waals surface area contributed by atoms with Crippen LogP contribution in [0.25, 0.3) is 0 Å². The summed E-state index contributed by atoms with van der Waals surface area (Å²) in [6, 6.07) is 0. The molecule has 1 fully saturated rings. The first-order chi connectivity index (χ1) is 21.8. The highest BCUT2D eigenvalue weighted by Gasteiger charge is 2.57. The van der Waals surface area contributed by atoms with Gasteiger partial charge in [-0.2, -0.15) is 0 Å². The molecule has 2 heterocycles. The van der Waals surface area contributed by atoms with Crippen LogP contribution < -0.4 is 0 Å². The quantitative estimate of drug-likeness (QED) is 0.158. The lowest BCUT2D eigenvalue weighted by atomic mass is 9.74. The second-order valence-electron chi connectivity index (χ2n) is 11.6. The number of ether oxygens (including phenoxy) is 6. The number of unbranched alkanes of at least 4 members (excludes halogenated alkanes) is 1. The number of allylic oxidation sites excluding steroid dienone is 3. The van der Waals surface area contributed by atoms with Crippen LogP contribution in [0.5, 0.6) is 0 Å². The zero-order valence-electron chi connectivity index (χ0n) is 27.1. The lowest BCUT2D eigenvalue weighted by Crippen LogP contribution is -2.62. The molecule has 0 radical (unpaired) electrons. The molecule has 3 N–H and O–H groups in total. The fourth-order valence-electron chi connectivity index (χ4n) is 4.81. The maximum atomic E-state index is 13.0. The van der Waals surface area contributed by atoms with E-state index in [1.54, 1.807) is 6.08 Å². The Labute approximate surface area is 269 Å². The number of hydrogen-bond acceptors (Lipinski definition) is 13. The first-order valence-electron chi connectivity index (χ1n) is 15.5. The summed E-state index contributed by atoms with van der Waals surface area (Å²) in [6.45, 7) is 4.91. The first-order valence-corrected chi connectivity index (χ1v) is 15.5. The predicted octanol–water partition coefficient (Wildman–Crippen LogP) is 2.37. The monoisotopic (exact) mass is 652 g/mol. The molecule has 2 aliphatic rings. The van der Waals surface area contributed by atoms with Crippen molar-refractivity contribution in [1.29, 1.82) is 0 Å². The first kappa shape index (κ1) is 38.8. The summed E-state index contributed by atoms with van der Waals surface area (Å²) in [5.41, 5.74) is -1.35. The van der Waals surface area contributed by atoms with Crippen molar-refractivity contribution in [2.75, 3.05) is 33.5 Å². The maximum Gasteiger partial charge on any atom is 0.331 e. The van der Waals surface area contributed by atoms with Crippen LogP contribution in [-0.4, -0.2) is 103 Å². The van der Waals surface area contributed by atoms with Crippen molar-refractivity contribution < 1.29 is 62.9 Å². The highest BCUT2D eigenvalue weighted by Crippen LogP contribution is 2.46. The van der Waals surface area contributed by atoms with Crippen molar-refractivity contribution in [3.05, 3.63) is 48.1 Å². The Morgan fingerprint density at radius 2 is 1.87 bits per heavy atom. The number of fused-ring (bicyclic) bond motifs is 2. The molecule has 13 heteroatoms. The summed E-state index contributed by atoms with van der Waals surface area (Å²) in [6.07, 6.45) is 6.67. The lowest BCUT2D eigenvalue weighted by molar-refractivity contribution is -0.326. The molecule has 0 aromatic rings. The molecule has 1 saturated heterocycles. The summed E-state index contributed by atoms with van der Waals surface area (Å²) in [7, 11) is 1.16. The van der Waals surface area contributed by atoms with Crippen LogP contribution in [-0.2, 0) is 47.6 Å². The molecule has 2 rings (SSSR count). The molecule has 0 amide bonds. The van der Waals surface area contributed by atoms with Gasteiger partial charge < -0.3 is 43.7 Å². The van der Waals surface area contributed by atoms with Crippen molar-refractivity contribution >= 4 is 23.9 Å². The molecule has 5 atom stereocenters. The van der Waals surface area contributed by atoms with Gasteiger partial charge in [-0.3, -0.25) is 4.79 Å². The van der Waals surface area contributed by atoms with Gasteiger partial charge in [0.1, 0.15) is 6.10 Å². The van der Waals surface area contributed by atoms with Gasteiger partial charge in [0.2, 0.25) is 5.79 Å². The maximum absolute atomic E-state index is 13.0. The van der Waals surface area contributed by atoms with Gasteiger partial charge in [-0.05, 0) is 24.8 Å². The van der Waals surface area contributed by atoms with Crippen molar-refractivity contribution in [2.45, 2.75) is 95.9 Å². The van der Waals surface area contributed by atoms with Crippen molar-refractivity contribution in [2.24, 2.45) is 5.41 Å². The van der Waals surface area contributed by atoms with Crippen molar-refractivity contribution in [3.8, 4) is 0 Å². The Kier molecular flexibility index (Phi) is 16.3. The average Bonchev–Trinajstić information content (AvgIpc) is 3.00. The molecule has 0 saturated carbocycles. The molecular formula is C33H48O13. The number of aliphatic hydroxyl groups is 3. The fraction of sp³-hybridized carbons (Fsp3) is 0.636. The third-order valence-corrected chi connectivity index (χ3v) is 7.44. The normalized spacial score (nSPS) is 30.4. The standard InChI is InChI=1S/C33H48O13/c1-5-6-7-8-9-11-28(37)45-31-23(19-29(38)41-4)18-25-21-26(22-34)44-30(39)20-24(35)13-17-42-15-10-16-43-27(36)12-14-32(2,3)33(31,40)46-25/h7-9,11-12,14,19,24-26,31,34-35,40H,5-6,10,13,15-18,20-22H2,1-4H3/b8-7+,11-9+,14-12+,23-19+/t24-,25+,26-,31+,33-/m1/s1. The smallest absolute Gasteiger partial charge is 0.331 e. The average molecular weight is 653 g/mol. The Balaban J connectivity index is 2.55. The van der Waals surface area contributed by atoms with E-state index in [2.05, 4.69) is 0 Å². The van der Waals surface area contributed by atoms with Crippen LogP contribution in [0, 0.1) is 5.41 Å². The topological polar surface area (TPSA) is 184 Å². The second kappa shape index (κ2) is 19.3. The van der Waals surface area contributed by atoms with E-state index in [1.807, 2.05) is 13.0 Å². The minimum Gasteiger partial charge on any atom is -0.466 e. The lowest BCUT2D eigenvalue weighted by Gasteiger charge is -2.50. The van der Waals surface area contributed by atoms with E-state index in [9.17, 15) is 34.5 Å². The summed E-state index contributed by atoms with van der Waals surface area (Å²) in [5, 5.41) is 32.5. The summed E-state index contributed by atoms with van der Waals surface area (Å²) >= 11 is 0. The van der Waals surface area contributed by atoms with Crippen molar-refractivity contribution in [3.63, 3.8) is 0 Å². The van der Waals surface area contributed by atoms with Gasteiger partial charge in [-0.1, -0.05) is 51.5 Å². The number of aliphatic hydroxyl groups excluding tert-OH is 2. The third kappa shape index (κ3) is 12.4. The third-order valence-electron chi connectivity index (χ3n) is 7.44. The zero-order chi connectivity index (χ0) is 34.2. The highest BCUT2D eigenvalue weighted by molar-refractivity contribution is 5.85. The largest absolute Gasteiger partial charge is 0.466 e. The van der Waals surface area contributed by atoms with Gasteiger partial charge in [0, 0.05) is 49.7 Å². The molecule has 258 valence electrons. The van der Waals surface area contributed by atoms with Crippen molar-refractivity contribution in [1.82, 2.24) is 0 Å². The van der Waals surface area contributed by atoms with E-state index in [1.165, 1.54) is 26.0 Å². The highest BCUT2D eigenvalue weighted by atomic mass is 16.7. The Bertz CT molecular complexity index is 1140. The van der Waals surface area contributed by atoms with Crippen LogP contribution in [0.1, 0.15) is 65.7 Å². The van der Waals surface area contributed by atoms with Gasteiger partial charge in [0.05, 0.1) is 39.0 Å². The number of hydrogen-bond donors (Lipinski definition) is 3. The predicted molar refractivity (Wildman–Crippen MR) is 164 cm³/mol. The number of cyclic esters (lactones) is 2. The molecule has 13 nitrogen and oxygen atoms in total. The van der Waals surface area contributed by atoms with E-state index < -0.39 is 66.1 Å². The molecule has 2 bridgehead atoms. The van der Waals surface area contributed by atoms with Gasteiger partial charge >= 0.3 is 23.9 Å². The van der Waals surface area contributed by atoms with Crippen LogP contribution in [0.15, 0.2) is 48.1 Å². The minimum absolute atomic E-state index is 0.0369. The fourth-order valence-corrected chi connectivity index (χ4v) is 4.81. The zero-order valence-corrected chi connectivity index (χ0v) is 27.1. The molecule has 46 heavy (non-hydrogen) atoms. The molecule has 0 unspecified atom stereocenters. The number of carbonyl (C=O) groups is 4. The van der Waals surface area contributed by atoms with Crippen LogP contribution >= 0.6 is 0 Å². The van der Waals surface area contributed by atoms with E-state index in [0.717, 1.165) is 38.2 Å². The second-order valence-corrected chi connectivity index (χ2v) is 11.6. The Hall–Kier alpha value is -3.36. The van der Waals surface area contributed by atoms with Crippen LogP contribution in [0.3, 0.4) is 0 Å². The van der Waals surface area contributed by atoms with Gasteiger partial charge in [-0.15, -0.1) is 0 Å². The number of methoxy groups -OCH3 is 1. The molecule has 2 aliphatic heterocycles. The minimum atomic E-state index is -2.40. The molecule has 0 aromatic carbocycles. The Morgan fingerprint density at radius 1 is 1.11 bits per heavy atom. The van der Waals surface area contributed by atoms with Gasteiger partial charge in [0.15, 0.2) is 6.10 Å². The molecular weight excluding hydrogens is 604 g/mol. The SMILES string of the molecule is CCC/C=C/C=C/C(=O)O[C@H]1/C(=C/C(=O)OC)C[C@H]2C[C@H](CO)OC(=O)C[C@H](O)CCOCCCOC(=O)/C=C/C(C)(C)[C@]1(O)O2. The number of rotatable bonds is 7. The molecule has 0 aromatic heterocycles. The molecule has 0 spiro atoms. The molecule has 0 aliphatic carbocycles. The number of carbonyl (C=O) groups excluding carboxylic acids is 4. The van der Waals surface area contributed by atoms with Crippen LogP contribution in [0.2, 0.25) is 0 Å². The number of esters is 4. The van der Waals surface area contributed by atoms with Gasteiger partial charge in [-0.25, -0.2) is 14.4 Å². The van der Waals surface area contributed by atoms with E-state index >= 15 is 0 Å². The summed E-state index contributed by atoms with van der Waals surface area (Å²) in [4.78, 5) is 50.5. The van der Waals surface area contributed by atoms with Gasteiger partial charge in [0.25, 0.3) is 0 Å². The summed E-state index contributed by atoms with van der Waals surface area (Å²) < 4.78 is 32.8. The van der Waals surface area contributed by atoms with Crippen LogP contribution in [0.4, 0.5) is 0 Å².